The highest BCUT2D eigenvalue weighted by Gasteiger charge is 2.27. The predicted molar refractivity (Wildman–Crippen MR) is 116 cm³/mol. The molecule has 2 aromatic carbocycles. The van der Waals surface area contributed by atoms with Crippen molar-refractivity contribution in [2.75, 3.05) is 46.9 Å². The van der Waals surface area contributed by atoms with Crippen molar-refractivity contribution in [3.05, 3.63) is 59.7 Å². The first-order valence-electron chi connectivity index (χ1n) is 10.1. The van der Waals surface area contributed by atoms with Gasteiger partial charge < -0.3 is 15.0 Å². The van der Waals surface area contributed by atoms with Gasteiger partial charge in [-0.25, -0.2) is 8.42 Å². The lowest BCUT2D eigenvalue weighted by molar-refractivity contribution is 0.0953. The zero-order valence-electron chi connectivity index (χ0n) is 17.5. The number of carbonyl (C=O) groups excluding carboxylic acids is 1. The van der Waals surface area contributed by atoms with Gasteiger partial charge in [0.1, 0.15) is 5.75 Å². The minimum absolute atomic E-state index is 0.161. The van der Waals surface area contributed by atoms with Gasteiger partial charge in [-0.1, -0.05) is 24.3 Å². The van der Waals surface area contributed by atoms with Crippen molar-refractivity contribution in [3.63, 3.8) is 0 Å². The third-order valence-corrected chi connectivity index (χ3v) is 7.19. The van der Waals surface area contributed by atoms with E-state index in [2.05, 4.69) is 10.2 Å². The van der Waals surface area contributed by atoms with Crippen LogP contribution >= 0.6 is 0 Å². The van der Waals surface area contributed by atoms with E-state index in [0.717, 1.165) is 24.2 Å². The smallest absolute Gasteiger partial charge is 0.251 e. The fourth-order valence-corrected chi connectivity index (χ4v) is 4.94. The predicted octanol–water partition coefficient (Wildman–Crippen LogP) is 1.99. The number of para-hydroxylation sites is 1. The number of benzene rings is 2. The minimum Gasteiger partial charge on any atom is -0.496 e. The van der Waals surface area contributed by atoms with Crippen molar-refractivity contribution in [1.29, 1.82) is 0 Å². The number of hydrogen-bond acceptors (Lipinski definition) is 5. The Balaban J connectivity index is 1.58. The van der Waals surface area contributed by atoms with E-state index in [9.17, 15) is 13.2 Å². The van der Waals surface area contributed by atoms with E-state index in [4.69, 9.17) is 4.74 Å². The van der Waals surface area contributed by atoms with Crippen LogP contribution in [0.25, 0.3) is 0 Å². The number of carbonyl (C=O) groups is 1. The fraction of sp³-hybridized carbons (Fsp3) is 0.409. The van der Waals surface area contributed by atoms with Gasteiger partial charge in [0.25, 0.3) is 5.91 Å². The van der Waals surface area contributed by atoms with Gasteiger partial charge in [0.2, 0.25) is 10.0 Å². The molecule has 0 bridgehead atoms. The molecule has 2 aromatic rings. The molecule has 1 saturated heterocycles. The molecule has 1 fully saturated rings. The Hall–Kier alpha value is -2.42. The van der Waals surface area contributed by atoms with Crippen LogP contribution in [0.15, 0.2) is 53.4 Å². The number of piperazine rings is 1. The van der Waals surface area contributed by atoms with Crippen LogP contribution in [-0.2, 0) is 16.4 Å². The molecular formula is C22H29N3O4S. The maximum absolute atomic E-state index is 12.9. The molecule has 0 aromatic heterocycles. The Labute approximate surface area is 178 Å². The monoisotopic (exact) mass is 431 g/mol. The third kappa shape index (κ3) is 5.38. The number of nitrogens with one attached hydrogen (secondary N) is 1. The van der Waals surface area contributed by atoms with E-state index in [1.807, 2.05) is 31.3 Å². The molecule has 1 heterocycles. The summed E-state index contributed by atoms with van der Waals surface area (Å²) >= 11 is 0. The van der Waals surface area contributed by atoms with Gasteiger partial charge in [0.05, 0.1) is 12.0 Å². The van der Waals surface area contributed by atoms with Crippen LogP contribution in [0.4, 0.5) is 0 Å². The number of methoxy groups -OCH3 is 1. The fourth-order valence-electron chi connectivity index (χ4n) is 3.47. The lowest BCUT2D eigenvalue weighted by atomic mass is 10.1. The van der Waals surface area contributed by atoms with E-state index in [1.165, 1.54) is 10.4 Å². The summed E-state index contributed by atoms with van der Waals surface area (Å²) in [5, 5.41) is 2.88. The quantitative estimate of drug-likeness (QED) is 0.647. The Bertz CT molecular complexity index is 970. The van der Waals surface area contributed by atoms with Crippen LogP contribution < -0.4 is 10.1 Å². The molecule has 1 aliphatic heterocycles. The Kier molecular flexibility index (Phi) is 7.47. The van der Waals surface area contributed by atoms with Crippen molar-refractivity contribution < 1.29 is 17.9 Å². The average Bonchev–Trinajstić information content (AvgIpc) is 2.77. The molecule has 8 heteroatoms. The summed E-state index contributed by atoms with van der Waals surface area (Å²) in [6.07, 6.45) is 1.54. The van der Waals surface area contributed by atoms with E-state index in [0.29, 0.717) is 38.3 Å². The lowest BCUT2D eigenvalue weighted by Gasteiger charge is -2.31. The van der Waals surface area contributed by atoms with Gasteiger partial charge >= 0.3 is 0 Å². The van der Waals surface area contributed by atoms with Crippen molar-refractivity contribution in [2.45, 2.75) is 17.7 Å². The van der Waals surface area contributed by atoms with Crippen molar-refractivity contribution in [2.24, 2.45) is 0 Å². The van der Waals surface area contributed by atoms with Gasteiger partial charge in [-0.15, -0.1) is 0 Å². The second kappa shape index (κ2) is 10.1. The number of amides is 1. The Morgan fingerprint density at radius 3 is 2.53 bits per heavy atom. The van der Waals surface area contributed by atoms with Crippen molar-refractivity contribution in [1.82, 2.24) is 14.5 Å². The molecule has 0 spiro atoms. The number of ether oxygens (including phenoxy) is 1. The van der Waals surface area contributed by atoms with Crippen LogP contribution in [0.3, 0.4) is 0 Å². The normalized spacial score (nSPS) is 15.7. The molecule has 0 radical (unpaired) electrons. The molecule has 0 aliphatic carbocycles. The summed E-state index contributed by atoms with van der Waals surface area (Å²) in [7, 11) is 0.0200. The average molecular weight is 432 g/mol. The van der Waals surface area contributed by atoms with Crippen LogP contribution in [0.2, 0.25) is 0 Å². The summed E-state index contributed by atoms with van der Waals surface area (Å²) in [4.78, 5) is 14.8. The van der Waals surface area contributed by atoms with Gasteiger partial charge in [0, 0.05) is 38.3 Å². The summed E-state index contributed by atoms with van der Waals surface area (Å²) < 4.78 is 32.6. The maximum Gasteiger partial charge on any atom is 0.251 e. The van der Waals surface area contributed by atoms with Crippen LogP contribution in [0.1, 0.15) is 22.3 Å². The number of sulfonamides is 1. The molecule has 1 amide bonds. The van der Waals surface area contributed by atoms with E-state index >= 15 is 0 Å². The molecule has 0 saturated carbocycles. The summed E-state index contributed by atoms with van der Waals surface area (Å²) in [5.74, 6) is 0.566. The van der Waals surface area contributed by atoms with E-state index in [-0.39, 0.29) is 10.8 Å². The molecule has 7 nitrogen and oxygen atoms in total. The van der Waals surface area contributed by atoms with Gasteiger partial charge in [-0.05, 0) is 49.7 Å². The lowest BCUT2D eigenvalue weighted by Crippen LogP contribution is -2.47. The van der Waals surface area contributed by atoms with Gasteiger partial charge in [-0.3, -0.25) is 4.79 Å². The number of hydrogen-bond donors (Lipinski definition) is 1. The molecule has 0 atom stereocenters. The largest absolute Gasteiger partial charge is 0.496 e. The maximum atomic E-state index is 12.9. The van der Waals surface area contributed by atoms with Crippen LogP contribution in [0.5, 0.6) is 5.75 Å². The summed E-state index contributed by atoms with van der Waals surface area (Å²) in [6.45, 7) is 2.81. The second-order valence-electron chi connectivity index (χ2n) is 7.41. The highest BCUT2D eigenvalue weighted by atomic mass is 32.2. The number of aryl methyl sites for hydroxylation is 1. The SMILES string of the molecule is COc1ccccc1CCCNC(=O)c1cccc(S(=O)(=O)N2CCN(C)CC2)c1. The minimum atomic E-state index is -3.60. The summed E-state index contributed by atoms with van der Waals surface area (Å²) in [6, 6.07) is 14.1. The first kappa shape index (κ1) is 22.3. The highest BCUT2D eigenvalue weighted by molar-refractivity contribution is 7.89. The van der Waals surface area contributed by atoms with Crippen molar-refractivity contribution >= 4 is 15.9 Å². The van der Waals surface area contributed by atoms with E-state index < -0.39 is 10.0 Å². The first-order valence-corrected chi connectivity index (χ1v) is 11.5. The Morgan fingerprint density at radius 1 is 1.07 bits per heavy atom. The topological polar surface area (TPSA) is 78.9 Å². The molecule has 3 rings (SSSR count). The standard InChI is InChI=1S/C22H29N3O4S/c1-24-13-15-25(16-14-24)30(27,28)20-10-5-8-19(17-20)22(26)23-12-6-9-18-7-3-4-11-21(18)29-2/h3-5,7-8,10-11,17H,6,9,12-16H2,1-2H3,(H,23,26). The molecule has 30 heavy (non-hydrogen) atoms. The summed E-state index contributed by atoms with van der Waals surface area (Å²) in [5.41, 5.74) is 1.44. The highest BCUT2D eigenvalue weighted by Crippen LogP contribution is 2.20. The third-order valence-electron chi connectivity index (χ3n) is 5.30. The van der Waals surface area contributed by atoms with Crippen LogP contribution in [0, 0.1) is 0 Å². The molecule has 1 aliphatic rings. The zero-order chi connectivity index (χ0) is 21.6. The number of rotatable bonds is 8. The number of likely N-dealkylation sites (N-methyl/N-ethyl adjacent to an activating group) is 1. The first-order chi connectivity index (χ1) is 14.4. The Morgan fingerprint density at radius 2 is 1.80 bits per heavy atom. The molecule has 0 unspecified atom stereocenters. The van der Waals surface area contributed by atoms with Gasteiger partial charge in [0.15, 0.2) is 0 Å². The van der Waals surface area contributed by atoms with Gasteiger partial charge in [-0.2, -0.15) is 4.31 Å². The van der Waals surface area contributed by atoms with Crippen LogP contribution in [-0.4, -0.2) is 70.4 Å². The van der Waals surface area contributed by atoms with Crippen molar-refractivity contribution in [3.8, 4) is 5.75 Å². The zero-order valence-corrected chi connectivity index (χ0v) is 18.3. The second-order valence-corrected chi connectivity index (χ2v) is 9.34. The molecule has 1 N–H and O–H groups in total. The molecular weight excluding hydrogens is 402 g/mol. The molecule has 162 valence electrons. The number of nitrogens with zero attached hydrogens (tertiary/aromatic N) is 2. The van der Waals surface area contributed by atoms with E-state index in [1.54, 1.807) is 25.3 Å².